The van der Waals surface area contributed by atoms with E-state index in [1.54, 1.807) is 24.3 Å². The molecule has 0 atom stereocenters. The number of rotatable bonds is 4. The average Bonchev–Trinajstić information content (AvgIpc) is 3.05. The molecule has 126 valence electrons. The summed E-state index contributed by atoms with van der Waals surface area (Å²) in [6, 6.07) is 14.9. The van der Waals surface area contributed by atoms with Crippen molar-refractivity contribution < 1.29 is 14.3 Å². The number of para-hydroxylation sites is 1. The van der Waals surface area contributed by atoms with E-state index in [-0.39, 0.29) is 5.91 Å². The molecule has 1 aliphatic heterocycles. The van der Waals surface area contributed by atoms with Crippen molar-refractivity contribution in [3.05, 3.63) is 59.0 Å². The summed E-state index contributed by atoms with van der Waals surface area (Å²) in [6.07, 6.45) is 0. The first kappa shape index (κ1) is 15.7. The number of nitrogens with one attached hydrogen (secondary N) is 1. The molecule has 1 amide bonds. The number of hydrogen-bond donors (Lipinski definition) is 1. The van der Waals surface area contributed by atoms with Crippen molar-refractivity contribution in [3.8, 4) is 22.8 Å². The van der Waals surface area contributed by atoms with Gasteiger partial charge in [-0.15, -0.1) is 0 Å². The molecular formula is C19H16N2O3S. The zero-order valence-corrected chi connectivity index (χ0v) is 14.4. The summed E-state index contributed by atoms with van der Waals surface area (Å²) in [5, 5.41) is 3.44. The van der Waals surface area contributed by atoms with Crippen LogP contribution in [0.15, 0.2) is 48.5 Å². The lowest BCUT2D eigenvalue weighted by Crippen LogP contribution is -2.11. The van der Waals surface area contributed by atoms with Crippen LogP contribution in [0, 0.1) is 0 Å². The highest BCUT2D eigenvalue weighted by Crippen LogP contribution is 2.40. The Morgan fingerprint density at radius 2 is 2.04 bits per heavy atom. The normalized spacial score (nSPS) is 11.9. The molecule has 0 aliphatic carbocycles. The van der Waals surface area contributed by atoms with Gasteiger partial charge in [0.1, 0.15) is 18.1 Å². The molecule has 0 spiro atoms. The molecule has 2 heterocycles. The Balaban J connectivity index is 1.54. The molecule has 0 fully saturated rings. The van der Waals surface area contributed by atoms with Crippen molar-refractivity contribution >= 4 is 22.4 Å². The van der Waals surface area contributed by atoms with Crippen molar-refractivity contribution in [2.45, 2.75) is 13.5 Å². The van der Waals surface area contributed by atoms with Crippen molar-refractivity contribution in [2.24, 2.45) is 0 Å². The molecule has 1 aliphatic rings. The molecule has 0 bridgehead atoms. The van der Waals surface area contributed by atoms with Gasteiger partial charge in [-0.1, -0.05) is 23.5 Å². The van der Waals surface area contributed by atoms with Gasteiger partial charge in [0, 0.05) is 11.1 Å². The van der Waals surface area contributed by atoms with Crippen LogP contribution in [0.5, 0.6) is 11.5 Å². The number of thiazole rings is 1. The van der Waals surface area contributed by atoms with Gasteiger partial charge < -0.3 is 9.47 Å². The van der Waals surface area contributed by atoms with Crippen LogP contribution in [0.1, 0.15) is 22.2 Å². The van der Waals surface area contributed by atoms with Crippen molar-refractivity contribution in [1.29, 1.82) is 0 Å². The summed E-state index contributed by atoms with van der Waals surface area (Å²) < 4.78 is 11.1. The number of fused-ring (bicyclic) bond motifs is 3. The molecule has 1 N–H and O–H groups in total. The fourth-order valence-corrected chi connectivity index (χ4v) is 3.57. The molecule has 25 heavy (non-hydrogen) atoms. The fourth-order valence-electron chi connectivity index (χ4n) is 2.68. The zero-order valence-electron chi connectivity index (χ0n) is 13.6. The average molecular weight is 352 g/mol. The number of aromatic nitrogens is 1. The number of carbonyl (C=O) groups excluding carboxylic acids is 1. The maximum atomic E-state index is 12.4. The van der Waals surface area contributed by atoms with Gasteiger partial charge in [0.25, 0.3) is 5.91 Å². The monoisotopic (exact) mass is 352 g/mol. The van der Waals surface area contributed by atoms with Gasteiger partial charge >= 0.3 is 0 Å². The quantitative estimate of drug-likeness (QED) is 0.758. The second-order valence-electron chi connectivity index (χ2n) is 5.49. The lowest BCUT2D eigenvalue weighted by atomic mass is 10.1. The molecular weight excluding hydrogens is 336 g/mol. The van der Waals surface area contributed by atoms with Gasteiger partial charge in [-0.3, -0.25) is 10.1 Å². The third-order valence-electron chi connectivity index (χ3n) is 3.85. The Hall–Kier alpha value is -2.86. The highest BCUT2D eigenvalue weighted by atomic mass is 32.1. The van der Waals surface area contributed by atoms with Gasteiger partial charge in [-0.05, 0) is 43.3 Å². The molecule has 1 aromatic heterocycles. The second kappa shape index (κ2) is 6.57. The summed E-state index contributed by atoms with van der Waals surface area (Å²) in [5.74, 6) is 1.38. The first-order valence-corrected chi connectivity index (χ1v) is 8.82. The Morgan fingerprint density at radius 3 is 2.84 bits per heavy atom. The fraction of sp³-hybridized carbons (Fsp3) is 0.158. The van der Waals surface area contributed by atoms with Gasteiger partial charge in [-0.25, -0.2) is 4.98 Å². The van der Waals surface area contributed by atoms with Crippen LogP contribution in [0.4, 0.5) is 5.13 Å². The number of ether oxygens (including phenoxy) is 2. The molecule has 6 heteroatoms. The predicted octanol–water partition coefficient (Wildman–Crippen LogP) is 4.35. The SMILES string of the molecule is CCOc1ccc(C(=O)Nc2nc3c(s2)COc2ccccc2-3)cc1. The van der Waals surface area contributed by atoms with Crippen LogP contribution < -0.4 is 14.8 Å². The maximum absolute atomic E-state index is 12.4. The van der Waals surface area contributed by atoms with E-state index < -0.39 is 0 Å². The Bertz CT molecular complexity index is 919. The number of anilines is 1. The highest BCUT2D eigenvalue weighted by Gasteiger charge is 2.22. The van der Waals surface area contributed by atoms with E-state index in [4.69, 9.17) is 9.47 Å². The van der Waals surface area contributed by atoms with Gasteiger partial charge in [-0.2, -0.15) is 0 Å². The van der Waals surface area contributed by atoms with Crippen LogP contribution >= 0.6 is 11.3 Å². The van der Waals surface area contributed by atoms with E-state index in [1.165, 1.54) is 11.3 Å². The minimum Gasteiger partial charge on any atom is -0.494 e. The number of nitrogens with zero attached hydrogens (tertiary/aromatic N) is 1. The van der Waals surface area contributed by atoms with E-state index in [2.05, 4.69) is 10.3 Å². The predicted molar refractivity (Wildman–Crippen MR) is 97.4 cm³/mol. The van der Waals surface area contributed by atoms with Gasteiger partial charge in [0.2, 0.25) is 0 Å². The van der Waals surface area contributed by atoms with E-state index in [0.717, 1.165) is 27.6 Å². The standard InChI is InChI=1S/C19H16N2O3S/c1-2-23-13-9-7-12(8-10-13)18(22)21-19-20-17-14-5-3-4-6-15(14)24-11-16(17)25-19/h3-10H,2,11H2,1H3,(H,20,21,22). The Kier molecular flexibility index (Phi) is 4.11. The summed E-state index contributed by atoms with van der Waals surface area (Å²) in [7, 11) is 0. The van der Waals surface area contributed by atoms with Crippen LogP contribution in [0.2, 0.25) is 0 Å². The lowest BCUT2D eigenvalue weighted by Gasteiger charge is -2.15. The van der Waals surface area contributed by atoms with Crippen LogP contribution in [-0.2, 0) is 6.61 Å². The van der Waals surface area contributed by atoms with Crippen molar-refractivity contribution in [1.82, 2.24) is 4.98 Å². The third-order valence-corrected chi connectivity index (χ3v) is 4.79. The van der Waals surface area contributed by atoms with E-state index in [1.807, 2.05) is 31.2 Å². The molecule has 0 radical (unpaired) electrons. The topological polar surface area (TPSA) is 60.5 Å². The molecule has 0 unspecified atom stereocenters. The summed E-state index contributed by atoms with van der Waals surface area (Å²) in [4.78, 5) is 18.0. The lowest BCUT2D eigenvalue weighted by molar-refractivity contribution is 0.102. The smallest absolute Gasteiger partial charge is 0.257 e. The summed E-state index contributed by atoms with van der Waals surface area (Å²) in [6.45, 7) is 3.00. The largest absolute Gasteiger partial charge is 0.494 e. The third kappa shape index (κ3) is 3.08. The van der Waals surface area contributed by atoms with Crippen molar-refractivity contribution in [2.75, 3.05) is 11.9 Å². The van der Waals surface area contributed by atoms with E-state index in [9.17, 15) is 4.79 Å². The van der Waals surface area contributed by atoms with E-state index >= 15 is 0 Å². The number of hydrogen-bond acceptors (Lipinski definition) is 5. The van der Waals surface area contributed by atoms with Crippen molar-refractivity contribution in [3.63, 3.8) is 0 Å². The molecule has 4 rings (SSSR count). The van der Waals surface area contributed by atoms with Crippen LogP contribution in [-0.4, -0.2) is 17.5 Å². The number of carbonyl (C=O) groups is 1. The molecule has 3 aromatic rings. The first-order chi connectivity index (χ1) is 12.2. The number of amides is 1. The maximum Gasteiger partial charge on any atom is 0.257 e. The molecule has 5 nitrogen and oxygen atoms in total. The van der Waals surface area contributed by atoms with Crippen LogP contribution in [0.25, 0.3) is 11.3 Å². The van der Waals surface area contributed by atoms with Gasteiger partial charge in [0.15, 0.2) is 5.13 Å². The highest BCUT2D eigenvalue weighted by molar-refractivity contribution is 7.16. The van der Waals surface area contributed by atoms with E-state index in [0.29, 0.717) is 23.9 Å². The molecule has 0 saturated heterocycles. The Morgan fingerprint density at radius 1 is 1.24 bits per heavy atom. The molecule has 0 saturated carbocycles. The second-order valence-corrected chi connectivity index (χ2v) is 6.57. The minimum atomic E-state index is -0.191. The Labute approximate surface area is 149 Å². The first-order valence-electron chi connectivity index (χ1n) is 8.00. The summed E-state index contributed by atoms with van der Waals surface area (Å²) >= 11 is 1.44. The minimum absolute atomic E-state index is 0.191. The zero-order chi connectivity index (χ0) is 17.2. The summed E-state index contributed by atoms with van der Waals surface area (Å²) in [5.41, 5.74) is 2.41. The number of benzene rings is 2. The molecule has 2 aromatic carbocycles. The van der Waals surface area contributed by atoms with Gasteiger partial charge in [0.05, 0.1) is 17.2 Å². The van der Waals surface area contributed by atoms with Crippen LogP contribution in [0.3, 0.4) is 0 Å².